The van der Waals surface area contributed by atoms with Crippen molar-refractivity contribution in [2.24, 2.45) is 0 Å². The Balaban J connectivity index is 2.36. The zero-order valence-corrected chi connectivity index (χ0v) is 9.19. The number of rotatable bonds is 7. The van der Waals surface area contributed by atoms with Crippen LogP contribution in [0.1, 0.15) is 31.7 Å². The van der Waals surface area contributed by atoms with E-state index in [0.717, 1.165) is 24.7 Å². The Morgan fingerprint density at radius 2 is 2.07 bits per heavy atom. The summed E-state index contributed by atoms with van der Waals surface area (Å²) in [6, 6.07) is 10.0. The van der Waals surface area contributed by atoms with Gasteiger partial charge in [0.05, 0.1) is 12.7 Å². The zero-order valence-electron chi connectivity index (χ0n) is 9.19. The SMILES string of the molecule is CCC[C@@H](CC=O)OCc1ccccc1. The number of hydrogen-bond acceptors (Lipinski definition) is 2. The highest BCUT2D eigenvalue weighted by Gasteiger charge is 2.06. The smallest absolute Gasteiger partial charge is 0.122 e. The minimum absolute atomic E-state index is 0.0766. The van der Waals surface area contributed by atoms with E-state index in [9.17, 15) is 4.79 Å². The van der Waals surface area contributed by atoms with Crippen LogP contribution in [-0.4, -0.2) is 12.4 Å². The minimum Gasteiger partial charge on any atom is -0.373 e. The molecule has 0 fully saturated rings. The second kappa shape index (κ2) is 7.18. The molecule has 0 aliphatic heterocycles. The first-order valence-corrected chi connectivity index (χ1v) is 5.46. The van der Waals surface area contributed by atoms with Crippen LogP contribution in [0.4, 0.5) is 0 Å². The fraction of sp³-hybridized carbons (Fsp3) is 0.462. The van der Waals surface area contributed by atoms with E-state index < -0.39 is 0 Å². The standard InChI is InChI=1S/C13H18O2/c1-2-6-13(9-10-14)15-11-12-7-4-3-5-8-12/h3-5,7-8,10,13H,2,6,9,11H2,1H3/t13-/m0/s1. The third-order valence-electron chi connectivity index (χ3n) is 2.30. The van der Waals surface area contributed by atoms with Crippen LogP contribution in [0.3, 0.4) is 0 Å². The fourth-order valence-corrected chi connectivity index (χ4v) is 1.49. The van der Waals surface area contributed by atoms with Crippen LogP contribution in [0.2, 0.25) is 0 Å². The summed E-state index contributed by atoms with van der Waals surface area (Å²) in [6.07, 6.45) is 3.51. The van der Waals surface area contributed by atoms with Gasteiger partial charge >= 0.3 is 0 Å². The van der Waals surface area contributed by atoms with Crippen molar-refractivity contribution < 1.29 is 9.53 Å². The number of hydrogen-bond donors (Lipinski definition) is 0. The third-order valence-corrected chi connectivity index (χ3v) is 2.30. The number of benzene rings is 1. The summed E-state index contributed by atoms with van der Waals surface area (Å²) in [4.78, 5) is 10.4. The summed E-state index contributed by atoms with van der Waals surface area (Å²) in [7, 11) is 0. The van der Waals surface area contributed by atoms with Gasteiger partial charge in [0.25, 0.3) is 0 Å². The largest absolute Gasteiger partial charge is 0.373 e. The van der Waals surface area contributed by atoms with Gasteiger partial charge in [-0.15, -0.1) is 0 Å². The maximum Gasteiger partial charge on any atom is 0.122 e. The van der Waals surface area contributed by atoms with Crippen LogP contribution in [0.5, 0.6) is 0 Å². The molecule has 82 valence electrons. The first kappa shape index (κ1) is 11.9. The molecular formula is C13H18O2. The van der Waals surface area contributed by atoms with Gasteiger partial charge in [0.15, 0.2) is 0 Å². The van der Waals surface area contributed by atoms with Gasteiger partial charge in [0.1, 0.15) is 6.29 Å². The van der Waals surface area contributed by atoms with E-state index in [1.165, 1.54) is 0 Å². The van der Waals surface area contributed by atoms with E-state index in [1.807, 2.05) is 30.3 Å². The molecule has 1 atom stereocenters. The number of ether oxygens (including phenoxy) is 1. The van der Waals surface area contributed by atoms with E-state index in [2.05, 4.69) is 6.92 Å². The van der Waals surface area contributed by atoms with Gasteiger partial charge in [-0.3, -0.25) is 0 Å². The van der Waals surface area contributed by atoms with E-state index in [1.54, 1.807) is 0 Å². The lowest BCUT2D eigenvalue weighted by Gasteiger charge is -2.14. The lowest BCUT2D eigenvalue weighted by atomic mass is 10.1. The van der Waals surface area contributed by atoms with Gasteiger partial charge < -0.3 is 9.53 Å². The minimum atomic E-state index is 0.0766. The predicted octanol–water partition coefficient (Wildman–Crippen LogP) is 2.96. The third kappa shape index (κ3) is 4.75. The molecule has 15 heavy (non-hydrogen) atoms. The second-order valence-electron chi connectivity index (χ2n) is 3.61. The Kier molecular flexibility index (Phi) is 5.71. The molecule has 2 heteroatoms. The molecule has 2 nitrogen and oxygen atoms in total. The van der Waals surface area contributed by atoms with Crippen molar-refractivity contribution in [3.63, 3.8) is 0 Å². The first-order valence-electron chi connectivity index (χ1n) is 5.46. The number of aldehydes is 1. The van der Waals surface area contributed by atoms with E-state index in [0.29, 0.717) is 13.0 Å². The Morgan fingerprint density at radius 3 is 2.67 bits per heavy atom. The molecule has 0 bridgehead atoms. The van der Waals surface area contributed by atoms with Gasteiger partial charge in [-0.05, 0) is 12.0 Å². The number of carbonyl (C=O) groups is 1. The molecular weight excluding hydrogens is 188 g/mol. The average Bonchev–Trinajstić information content (AvgIpc) is 2.28. The Hall–Kier alpha value is -1.15. The highest BCUT2D eigenvalue weighted by Crippen LogP contribution is 2.09. The molecule has 0 saturated carbocycles. The van der Waals surface area contributed by atoms with Gasteiger partial charge in [-0.25, -0.2) is 0 Å². The summed E-state index contributed by atoms with van der Waals surface area (Å²) in [5, 5.41) is 0. The molecule has 0 spiro atoms. The molecule has 1 aromatic carbocycles. The summed E-state index contributed by atoms with van der Waals surface area (Å²) >= 11 is 0. The van der Waals surface area contributed by atoms with Crippen LogP contribution in [-0.2, 0) is 16.1 Å². The van der Waals surface area contributed by atoms with Crippen LogP contribution >= 0.6 is 0 Å². The van der Waals surface area contributed by atoms with Gasteiger partial charge in [-0.1, -0.05) is 43.7 Å². The zero-order chi connectivity index (χ0) is 10.9. The van der Waals surface area contributed by atoms with Crippen molar-refractivity contribution in [1.82, 2.24) is 0 Å². The molecule has 0 heterocycles. The van der Waals surface area contributed by atoms with E-state index in [4.69, 9.17) is 4.74 Å². The molecule has 0 aromatic heterocycles. The molecule has 0 unspecified atom stereocenters. The Bertz CT molecular complexity index is 269. The predicted molar refractivity (Wildman–Crippen MR) is 60.6 cm³/mol. The second-order valence-corrected chi connectivity index (χ2v) is 3.61. The van der Waals surface area contributed by atoms with Crippen molar-refractivity contribution >= 4 is 6.29 Å². The summed E-state index contributed by atoms with van der Waals surface area (Å²) < 4.78 is 5.68. The molecule has 0 N–H and O–H groups in total. The van der Waals surface area contributed by atoms with E-state index in [-0.39, 0.29) is 6.10 Å². The molecule has 0 saturated heterocycles. The van der Waals surface area contributed by atoms with Gasteiger partial charge in [0.2, 0.25) is 0 Å². The van der Waals surface area contributed by atoms with Crippen molar-refractivity contribution in [2.75, 3.05) is 0 Å². The normalized spacial score (nSPS) is 12.3. The van der Waals surface area contributed by atoms with Gasteiger partial charge in [0, 0.05) is 6.42 Å². The van der Waals surface area contributed by atoms with Crippen LogP contribution in [0, 0.1) is 0 Å². The van der Waals surface area contributed by atoms with Crippen molar-refractivity contribution in [1.29, 1.82) is 0 Å². The molecule has 0 aliphatic carbocycles. The van der Waals surface area contributed by atoms with Crippen molar-refractivity contribution in [2.45, 2.75) is 38.9 Å². The quantitative estimate of drug-likeness (QED) is 0.641. The van der Waals surface area contributed by atoms with Crippen LogP contribution < -0.4 is 0 Å². The summed E-state index contributed by atoms with van der Waals surface area (Å²) in [5.74, 6) is 0. The van der Waals surface area contributed by atoms with Gasteiger partial charge in [-0.2, -0.15) is 0 Å². The maximum absolute atomic E-state index is 10.4. The molecule has 1 aromatic rings. The Morgan fingerprint density at radius 1 is 1.33 bits per heavy atom. The topological polar surface area (TPSA) is 26.3 Å². The highest BCUT2D eigenvalue weighted by molar-refractivity contribution is 5.50. The maximum atomic E-state index is 10.4. The molecule has 1 rings (SSSR count). The van der Waals surface area contributed by atoms with E-state index >= 15 is 0 Å². The number of carbonyl (C=O) groups excluding carboxylic acids is 1. The van der Waals surface area contributed by atoms with Crippen molar-refractivity contribution in [3.05, 3.63) is 35.9 Å². The monoisotopic (exact) mass is 206 g/mol. The lowest BCUT2D eigenvalue weighted by Crippen LogP contribution is -2.13. The fourth-order valence-electron chi connectivity index (χ4n) is 1.49. The average molecular weight is 206 g/mol. The van der Waals surface area contributed by atoms with Crippen molar-refractivity contribution in [3.8, 4) is 0 Å². The lowest BCUT2D eigenvalue weighted by molar-refractivity contribution is -0.110. The van der Waals surface area contributed by atoms with Crippen LogP contribution in [0.25, 0.3) is 0 Å². The molecule has 0 radical (unpaired) electrons. The summed E-state index contributed by atoms with van der Waals surface area (Å²) in [5.41, 5.74) is 1.16. The van der Waals surface area contributed by atoms with Crippen LogP contribution in [0.15, 0.2) is 30.3 Å². The Labute approximate surface area is 91.3 Å². The summed E-state index contributed by atoms with van der Waals surface area (Å²) in [6.45, 7) is 2.70. The molecule has 0 amide bonds. The first-order chi connectivity index (χ1) is 7.36. The molecule has 0 aliphatic rings. The highest BCUT2D eigenvalue weighted by atomic mass is 16.5.